The summed E-state index contributed by atoms with van der Waals surface area (Å²) in [5.74, 6) is -0.163. The number of hydrogen-bond donors (Lipinski definition) is 3. The summed E-state index contributed by atoms with van der Waals surface area (Å²) in [5, 5.41) is 8.88. The van der Waals surface area contributed by atoms with Crippen molar-refractivity contribution in [2.75, 3.05) is 30.3 Å². The van der Waals surface area contributed by atoms with Crippen LogP contribution in [0.4, 0.5) is 24.7 Å². The minimum absolute atomic E-state index is 0.000998. The van der Waals surface area contributed by atoms with Crippen molar-refractivity contribution in [1.29, 1.82) is 0 Å². The molecule has 0 spiro atoms. The molecule has 0 radical (unpaired) electrons. The van der Waals surface area contributed by atoms with Crippen LogP contribution in [0.5, 0.6) is 5.75 Å². The molecular formula is C25H26F3N5O2. The largest absolute Gasteiger partial charge is 0.490 e. The summed E-state index contributed by atoms with van der Waals surface area (Å²) >= 11 is 0. The molecule has 4 rings (SSSR count). The fourth-order valence-electron chi connectivity index (χ4n) is 3.81. The number of pyridine rings is 2. The van der Waals surface area contributed by atoms with Crippen molar-refractivity contribution in [3.63, 3.8) is 0 Å². The van der Waals surface area contributed by atoms with E-state index in [1.54, 1.807) is 30.7 Å². The summed E-state index contributed by atoms with van der Waals surface area (Å²) in [4.78, 5) is 21.3. The van der Waals surface area contributed by atoms with Crippen molar-refractivity contribution in [2.45, 2.75) is 31.5 Å². The predicted octanol–water partition coefficient (Wildman–Crippen LogP) is 4.53. The molecule has 0 atom stereocenters. The number of alkyl halides is 3. The second kappa shape index (κ2) is 11.2. The lowest BCUT2D eigenvalue weighted by Gasteiger charge is -2.24. The Kier molecular flexibility index (Phi) is 7.81. The van der Waals surface area contributed by atoms with Crippen molar-refractivity contribution in [3.8, 4) is 5.75 Å². The van der Waals surface area contributed by atoms with Crippen LogP contribution in [0.25, 0.3) is 0 Å². The lowest BCUT2D eigenvalue weighted by molar-refractivity contribution is -0.137. The molecule has 1 aliphatic heterocycles. The first-order valence-corrected chi connectivity index (χ1v) is 11.4. The van der Waals surface area contributed by atoms with E-state index >= 15 is 0 Å². The van der Waals surface area contributed by atoms with Gasteiger partial charge >= 0.3 is 6.18 Å². The Morgan fingerprint density at radius 3 is 2.66 bits per heavy atom. The third-order valence-electron chi connectivity index (χ3n) is 5.56. The zero-order valence-electron chi connectivity index (χ0n) is 18.9. The molecule has 1 amide bonds. The van der Waals surface area contributed by atoms with Crippen LogP contribution in [0, 0.1) is 0 Å². The standard InChI is InChI=1S/C25H26F3N5O2/c26-25(27,28)18-13-19(15-21(14-18)35-20-6-10-29-11-7-20)33-24(34)22-4-2-9-31-23(22)32-12-5-17-3-1-8-30-16-17/h1-4,8-9,13-16,20,29H,5-7,10-12H2,(H,31,32)(H,33,34). The molecular weight excluding hydrogens is 459 g/mol. The van der Waals surface area contributed by atoms with E-state index in [0.29, 0.717) is 31.6 Å². The third kappa shape index (κ3) is 6.92. The Hall–Kier alpha value is -3.66. The van der Waals surface area contributed by atoms with E-state index < -0.39 is 17.6 Å². The number of ether oxygens (including phenoxy) is 1. The van der Waals surface area contributed by atoms with E-state index in [1.165, 1.54) is 6.07 Å². The first-order chi connectivity index (χ1) is 16.9. The minimum atomic E-state index is -4.58. The molecule has 10 heteroatoms. The lowest BCUT2D eigenvalue weighted by atomic mass is 10.1. The molecule has 0 saturated carbocycles. The highest BCUT2D eigenvalue weighted by Crippen LogP contribution is 2.35. The predicted molar refractivity (Wildman–Crippen MR) is 127 cm³/mol. The van der Waals surface area contributed by atoms with E-state index in [2.05, 4.69) is 25.9 Å². The number of carbonyl (C=O) groups is 1. The van der Waals surface area contributed by atoms with Gasteiger partial charge in [-0.2, -0.15) is 13.2 Å². The van der Waals surface area contributed by atoms with E-state index in [9.17, 15) is 18.0 Å². The Balaban J connectivity index is 1.49. The molecule has 1 aliphatic rings. The lowest BCUT2D eigenvalue weighted by Crippen LogP contribution is -2.34. The summed E-state index contributed by atoms with van der Waals surface area (Å²) < 4.78 is 46.4. The maximum absolute atomic E-state index is 13.5. The molecule has 1 fully saturated rings. The molecule has 184 valence electrons. The highest BCUT2D eigenvalue weighted by molar-refractivity contribution is 6.07. The van der Waals surface area contributed by atoms with E-state index in [0.717, 1.165) is 30.8 Å². The van der Waals surface area contributed by atoms with Crippen LogP contribution < -0.4 is 20.7 Å². The molecule has 0 aliphatic carbocycles. The first-order valence-electron chi connectivity index (χ1n) is 11.4. The molecule has 3 heterocycles. The Labute approximate surface area is 201 Å². The number of benzene rings is 1. The molecule has 35 heavy (non-hydrogen) atoms. The second-order valence-corrected chi connectivity index (χ2v) is 8.20. The molecule has 0 bridgehead atoms. The highest BCUT2D eigenvalue weighted by Gasteiger charge is 2.32. The van der Waals surface area contributed by atoms with E-state index in [4.69, 9.17) is 4.74 Å². The number of carbonyl (C=O) groups excluding carboxylic acids is 1. The molecule has 3 aromatic rings. The summed E-state index contributed by atoms with van der Waals surface area (Å²) in [6.07, 6.45) is 2.27. The third-order valence-corrected chi connectivity index (χ3v) is 5.56. The number of nitrogens with zero attached hydrogens (tertiary/aromatic N) is 2. The Morgan fingerprint density at radius 1 is 1.11 bits per heavy atom. The van der Waals surface area contributed by atoms with Gasteiger partial charge in [0.25, 0.3) is 5.91 Å². The quantitative estimate of drug-likeness (QED) is 0.435. The molecule has 2 aromatic heterocycles. The average Bonchev–Trinajstić information content (AvgIpc) is 2.85. The van der Waals surface area contributed by atoms with Crippen LogP contribution in [0.3, 0.4) is 0 Å². The van der Waals surface area contributed by atoms with Gasteiger partial charge in [-0.3, -0.25) is 9.78 Å². The number of rotatable bonds is 8. The van der Waals surface area contributed by atoms with Crippen molar-refractivity contribution >= 4 is 17.4 Å². The van der Waals surface area contributed by atoms with Gasteiger partial charge in [0.2, 0.25) is 0 Å². The van der Waals surface area contributed by atoms with Crippen LogP contribution in [-0.2, 0) is 12.6 Å². The number of amides is 1. The fraction of sp³-hybridized carbons (Fsp3) is 0.320. The van der Waals surface area contributed by atoms with Gasteiger partial charge in [0, 0.05) is 36.9 Å². The van der Waals surface area contributed by atoms with E-state index in [-0.39, 0.29) is 23.1 Å². The average molecular weight is 486 g/mol. The maximum Gasteiger partial charge on any atom is 0.416 e. The van der Waals surface area contributed by atoms with Crippen molar-refractivity contribution in [2.24, 2.45) is 0 Å². The minimum Gasteiger partial charge on any atom is -0.490 e. The SMILES string of the molecule is O=C(Nc1cc(OC2CCNCC2)cc(C(F)(F)F)c1)c1cccnc1NCCc1cccnc1. The number of nitrogens with one attached hydrogen (secondary N) is 3. The summed E-state index contributed by atoms with van der Waals surface area (Å²) in [6.45, 7) is 1.98. The number of anilines is 2. The monoisotopic (exact) mass is 485 g/mol. The summed E-state index contributed by atoms with van der Waals surface area (Å²) in [7, 11) is 0. The van der Waals surface area contributed by atoms with Crippen LogP contribution in [0.2, 0.25) is 0 Å². The van der Waals surface area contributed by atoms with Gasteiger partial charge in [-0.15, -0.1) is 0 Å². The van der Waals surface area contributed by atoms with Crippen LogP contribution >= 0.6 is 0 Å². The van der Waals surface area contributed by atoms with Gasteiger partial charge in [0.15, 0.2) is 0 Å². The van der Waals surface area contributed by atoms with Crippen LogP contribution in [0.15, 0.2) is 61.1 Å². The zero-order chi connectivity index (χ0) is 24.7. The Bertz CT molecular complexity index is 1140. The number of hydrogen-bond acceptors (Lipinski definition) is 6. The van der Waals surface area contributed by atoms with E-state index in [1.807, 2.05) is 12.1 Å². The molecule has 1 aromatic carbocycles. The van der Waals surface area contributed by atoms with Gasteiger partial charge in [-0.1, -0.05) is 6.07 Å². The number of piperidine rings is 1. The van der Waals surface area contributed by atoms with Gasteiger partial charge < -0.3 is 20.7 Å². The van der Waals surface area contributed by atoms with Gasteiger partial charge in [0.1, 0.15) is 17.7 Å². The first kappa shape index (κ1) is 24.5. The van der Waals surface area contributed by atoms with Crippen molar-refractivity contribution in [3.05, 3.63) is 77.7 Å². The van der Waals surface area contributed by atoms with Crippen LogP contribution in [-0.4, -0.2) is 41.6 Å². The maximum atomic E-state index is 13.5. The smallest absolute Gasteiger partial charge is 0.416 e. The van der Waals surface area contributed by atoms with Crippen LogP contribution in [0.1, 0.15) is 34.3 Å². The molecule has 0 unspecified atom stereocenters. The highest BCUT2D eigenvalue weighted by atomic mass is 19.4. The molecule has 7 nitrogen and oxygen atoms in total. The summed E-state index contributed by atoms with van der Waals surface area (Å²) in [5.41, 5.74) is 0.350. The van der Waals surface area contributed by atoms with Gasteiger partial charge in [0.05, 0.1) is 11.1 Å². The molecule has 1 saturated heterocycles. The van der Waals surface area contributed by atoms with Gasteiger partial charge in [-0.05, 0) is 68.2 Å². The fourth-order valence-corrected chi connectivity index (χ4v) is 3.81. The van der Waals surface area contributed by atoms with Crippen molar-refractivity contribution < 1.29 is 22.7 Å². The second-order valence-electron chi connectivity index (χ2n) is 8.20. The van der Waals surface area contributed by atoms with Gasteiger partial charge in [-0.25, -0.2) is 4.98 Å². The Morgan fingerprint density at radius 2 is 1.91 bits per heavy atom. The van der Waals surface area contributed by atoms with Crippen molar-refractivity contribution in [1.82, 2.24) is 15.3 Å². The zero-order valence-corrected chi connectivity index (χ0v) is 18.9. The topological polar surface area (TPSA) is 88.2 Å². The summed E-state index contributed by atoms with van der Waals surface area (Å²) in [6, 6.07) is 10.2. The molecule has 3 N–H and O–H groups in total. The number of halogens is 3. The number of aromatic nitrogens is 2. The normalized spacial score (nSPS) is 14.4.